The van der Waals surface area contributed by atoms with E-state index >= 15 is 0 Å². The van der Waals surface area contributed by atoms with Gasteiger partial charge in [0.25, 0.3) is 0 Å². The molecule has 0 fully saturated rings. The van der Waals surface area contributed by atoms with Crippen molar-refractivity contribution in [3.63, 3.8) is 0 Å². The van der Waals surface area contributed by atoms with Crippen LogP contribution < -0.4 is 0 Å². The topological polar surface area (TPSA) is 30.0 Å². The van der Waals surface area contributed by atoms with Gasteiger partial charge >= 0.3 is 0 Å². The van der Waals surface area contributed by atoms with Crippen molar-refractivity contribution in [1.82, 2.24) is 4.98 Å². The number of hydrogen-bond acceptors (Lipinski definition) is 2. The maximum atomic E-state index is 10.9. The lowest BCUT2D eigenvalue weighted by molar-refractivity contribution is -0.116. The van der Waals surface area contributed by atoms with Crippen LogP contribution in [0.4, 0.5) is 0 Å². The van der Waals surface area contributed by atoms with E-state index in [0.29, 0.717) is 6.42 Å². The first-order chi connectivity index (χ1) is 6.00. The molecule has 3 heteroatoms. The van der Waals surface area contributed by atoms with Gasteiger partial charge in [0, 0.05) is 12.1 Å². The summed E-state index contributed by atoms with van der Waals surface area (Å²) in [6, 6.07) is 1.96. The van der Waals surface area contributed by atoms with Crippen LogP contribution in [0.3, 0.4) is 0 Å². The van der Waals surface area contributed by atoms with E-state index in [0.717, 1.165) is 21.4 Å². The summed E-state index contributed by atoms with van der Waals surface area (Å²) in [5.41, 5.74) is 3.13. The average Bonchev–Trinajstić information content (AvgIpc) is 1.98. The van der Waals surface area contributed by atoms with Crippen LogP contribution in [0.2, 0.25) is 0 Å². The molecule has 0 aliphatic carbocycles. The summed E-state index contributed by atoms with van der Waals surface area (Å²) >= 11 is 3.36. The third kappa shape index (κ3) is 2.62. The van der Waals surface area contributed by atoms with Crippen molar-refractivity contribution in [2.24, 2.45) is 0 Å². The Morgan fingerprint density at radius 3 is 2.62 bits per heavy atom. The summed E-state index contributed by atoms with van der Waals surface area (Å²) in [7, 11) is 0. The number of halogens is 1. The molecule has 0 unspecified atom stereocenters. The molecule has 0 aromatic carbocycles. The Morgan fingerprint density at radius 2 is 2.15 bits per heavy atom. The fourth-order valence-corrected chi connectivity index (χ4v) is 1.65. The zero-order chi connectivity index (χ0) is 10.0. The second-order valence-electron chi connectivity index (χ2n) is 3.23. The molecule has 0 N–H and O–H groups in total. The average molecular weight is 242 g/mol. The summed E-state index contributed by atoms with van der Waals surface area (Å²) in [5, 5.41) is 0. The molecular weight excluding hydrogens is 230 g/mol. The summed E-state index contributed by atoms with van der Waals surface area (Å²) in [6.45, 7) is 5.60. The number of nitrogens with zero attached hydrogens (tertiary/aromatic N) is 1. The first-order valence-corrected chi connectivity index (χ1v) is 4.92. The number of rotatable bonds is 2. The maximum Gasteiger partial charge on any atom is 0.135 e. The highest BCUT2D eigenvalue weighted by atomic mass is 79.9. The SMILES string of the molecule is CC(=O)Cc1cc(C)c(C)c(Br)n1. The van der Waals surface area contributed by atoms with Crippen molar-refractivity contribution in [2.75, 3.05) is 0 Å². The van der Waals surface area contributed by atoms with Crippen LogP contribution in [0.1, 0.15) is 23.7 Å². The van der Waals surface area contributed by atoms with E-state index in [1.807, 2.05) is 19.9 Å². The first kappa shape index (κ1) is 10.4. The zero-order valence-electron chi connectivity index (χ0n) is 8.02. The minimum absolute atomic E-state index is 0.141. The van der Waals surface area contributed by atoms with E-state index in [-0.39, 0.29) is 5.78 Å². The molecule has 1 rings (SSSR count). The molecule has 0 atom stereocenters. The van der Waals surface area contributed by atoms with Crippen molar-refractivity contribution in [1.29, 1.82) is 0 Å². The van der Waals surface area contributed by atoms with Crippen LogP contribution in [0.25, 0.3) is 0 Å². The van der Waals surface area contributed by atoms with Gasteiger partial charge in [-0.1, -0.05) is 0 Å². The predicted octanol–water partition coefficient (Wildman–Crippen LogP) is 2.59. The number of carbonyl (C=O) groups is 1. The summed E-state index contributed by atoms with van der Waals surface area (Å²) in [6.07, 6.45) is 0.416. The van der Waals surface area contributed by atoms with Crippen LogP contribution in [-0.4, -0.2) is 10.8 Å². The zero-order valence-corrected chi connectivity index (χ0v) is 9.60. The van der Waals surface area contributed by atoms with E-state index in [1.54, 1.807) is 6.92 Å². The molecule has 0 aliphatic heterocycles. The van der Waals surface area contributed by atoms with Gasteiger partial charge in [-0.15, -0.1) is 0 Å². The molecule has 0 aliphatic rings. The number of carbonyl (C=O) groups excluding carboxylic acids is 1. The summed E-state index contributed by atoms with van der Waals surface area (Å²) in [5.74, 6) is 0.141. The Bertz CT molecular complexity index is 324. The van der Waals surface area contributed by atoms with E-state index < -0.39 is 0 Å². The molecule has 1 heterocycles. The number of hydrogen-bond donors (Lipinski definition) is 0. The van der Waals surface area contributed by atoms with Crippen molar-refractivity contribution in [3.8, 4) is 0 Å². The molecule has 1 aromatic rings. The molecular formula is C10H12BrNO. The molecule has 0 saturated heterocycles. The van der Waals surface area contributed by atoms with Gasteiger partial charge in [0.2, 0.25) is 0 Å². The lowest BCUT2D eigenvalue weighted by Crippen LogP contribution is -2.01. The Morgan fingerprint density at radius 1 is 1.54 bits per heavy atom. The molecule has 1 aromatic heterocycles. The van der Waals surface area contributed by atoms with E-state index in [4.69, 9.17) is 0 Å². The maximum absolute atomic E-state index is 10.9. The van der Waals surface area contributed by atoms with Crippen LogP contribution in [0, 0.1) is 13.8 Å². The number of Topliss-reactive ketones (excluding diaryl/α,β-unsaturated/α-hetero) is 1. The van der Waals surface area contributed by atoms with Gasteiger partial charge in [-0.3, -0.25) is 4.79 Å². The molecule has 0 spiro atoms. The van der Waals surface area contributed by atoms with Gasteiger partial charge in [-0.25, -0.2) is 4.98 Å². The second kappa shape index (κ2) is 4.01. The van der Waals surface area contributed by atoms with Crippen molar-refractivity contribution in [2.45, 2.75) is 27.2 Å². The summed E-state index contributed by atoms with van der Waals surface area (Å²) in [4.78, 5) is 15.1. The van der Waals surface area contributed by atoms with Crippen LogP contribution in [0.15, 0.2) is 10.7 Å². The first-order valence-electron chi connectivity index (χ1n) is 4.12. The lowest BCUT2D eigenvalue weighted by atomic mass is 10.1. The van der Waals surface area contributed by atoms with Crippen LogP contribution in [-0.2, 0) is 11.2 Å². The molecule has 0 bridgehead atoms. The fourth-order valence-electron chi connectivity index (χ4n) is 1.11. The van der Waals surface area contributed by atoms with Gasteiger partial charge in [0.1, 0.15) is 10.4 Å². The highest BCUT2D eigenvalue weighted by Crippen LogP contribution is 2.18. The van der Waals surface area contributed by atoms with Crippen molar-refractivity contribution in [3.05, 3.63) is 27.5 Å². The van der Waals surface area contributed by atoms with Crippen LogP contribution in [0.5, 0.6) is 0 Å². The molecule has 70 valence electrons. The normalized spacial score (nSPS) is 10.2. The van der Waals surface area contributed by atoms with Gasteiger partial charge in [0.05, 0.1) is 0 Å². The number of pyridine rings is 1. The molecule has 0 radical (unpaired) electrons. The van der Waals surface area contributed by atoms with Gasteiger partial charge < -0.3 is 0 Å². The van der Waals surface area contributed by atoms with Crippen LogP contribution >= 0.6 is 15.9 Å². The summed E-state index contributed by atoms with van der Waals surface area (Å²) < 4.78 is 0.837. The fraction of sp³-hybridized carbons (Fsp3) is 0.400. The predicted molar refractivity (Wildman–Crippen MR) is 55.8 cm³/mol. The van der Waals surface area contributed by atoms with Crippen molar-refractivity contribution < 1.29 is 4.79 Å². The van der Waals surface area contributed by atoms with E-state index in [2.05, 4.69) is 20.9 Å². The lowest BCUT2D eigenvalue weighted by Gasteiger charge is -2.05. The minimum Gasteiger partial charge on any atom is -0.300 e. The quantitative estimate of drug-likeness (QED) is 0.746. The number of aromatic nitrogens is 1. The molecule has 0 saturated carbocycles. The third-order valence-corrected chi connectivity index (χ3v) is 2.73. The highest BCUT2D eigenvalue weighted by Gasteiger charge is 2.05. The van der Waals surface area contributed by atoms with E-state index in [1.165, 1.54) is 0 Å². The Labute approximate surface area is 86.5 Å². The standard InChI is InChI=1S/C10H12BrNO/c1-6-4-9(5-7(2)13)12-10(11)8(6)3/h4H,5H2,1-3H3. The minimum atomic E-state index is 0.141. The highest BCUT2D eigenvalue weighted by molar-refractivity contribution is 9.10. The monoisotopic (exact) mass is 241 g/mol. The number of aryl methyl sites for hydroxylation is 1. The van der Waals surface area contributed by atoms with Gasteiger partial charge in [0.15, 0.2) is 0 Å². The molecule has 0 amide bonds. The van der Waals surface area contributed by atoms with E-state index in [9.17, 15) is 4.79 Å². The smallest absolute Gasteiger partial charge is 0.135 e. The Hall–Kier alpha value is -0.700. The molecule has 13 heavy (non-hydrogen) atoms. The Balaban J connectivity index is 3.06. The largest absolute Gasteiger partial charge is 0.300 e. The third-order valence-electron chi connectivity index (χ3n) is 1.96. The number of ketones is 1. The van der Waals surface area contributed by atoms with Crippen molar-refractivity contribution >= 4 is 21.7 Å². The molecule has 2 nitrogen and oxygen atoms in total. The van der Waals surface area contributed by atoms with Gasteiger partial charge in [-0.2, -0.15) is 0 Å². The Kier molecular flexibility index (Phi) is 3.20. The van der Waals surface area contributed by atoms with Gasteiger partial charge in [-0.05, 0) is 53.9 Å². The second-order valence-corrected chi connectivity index (χ2v) is 3.98.